The summed E-state index contributed by atoms with van der Waals surface area (Å²) in [5.41, 5.74) is 0. The summed E-state index contributed by atoms with van der Waals surface area (Å²) in [6.45, 7) is 0.630. The predicted molar refractivity (Wildman–Crippen MR) is 71.2 cm³/mol. The molecule has 16 heavy (non-hydrogen) atoms. The molecule has 2 nitrogen and oxygen atoms in total. The van der Waals surface area contributed by atoms with E-state index in [1.165, 1.54) is 6.07 Å². The molecule has 0 saturated carbocycles. The summed E-state index contributed by atoms with van der Waals surface area (Å²) in [5.74, 6) is 0.0687. The number of hydrogen-bond donors (Lipinski definition) is 1. The fourth-order valence-corrected chi connectivity index (χ4v) is 3.28. The maximum absolute atomic E-state index is 12.8. The largest absolute Gasteiger partial charge is 0.365 e. The van der Waals surface area contributed by atoms with E-state index in [-0.39, 0.29) is 0 Å². The van der Waals surface area contributed by atoms with Gasteiger partial charge in [-0.2, -0.15) is 4.39 Å². The zero-order chi connectivity index (χ0) is 11.5. The zero-order valence-corrected chi connectivity index (χ0v) is 12.0. The number of anilines is 1. The van der Waals surface area contributed by atoms with E-state index in [1.54, 1.807) is 23.5 Å². The summed E-state index contributed by atoms with van der Waals surface area (Å²) >= 11 is 8.46. The van der Waals surface area contributed by atoms with Crippen LogP contribution >= 0.6 is 43.2 Å². The highest BCUT2D eigenvalue weighted by molar-refractivity contribution is 9.13. The Morgan fingerprint density at radius 2 is 2.19 bits per heavy atom. The molecular formula is C10H7Br2FN2S. The average molecular weight is 366 g/mol. The van der Waals surface area contributed by atoms with Gasteiger partial charge in [0.15, 0.2) is 0 Å². The minimum atomic E-state index is -0.474. The van der Waals surface area contributed by atoms with Gasteiger partial charge in [-0.3, -0.25) is 0 Å². The lowest BCUT2D eigenvalue weighted by Crippen LogP contribution is -2.00. The van der Waals surface area contributed by atoms with E-state index in [4.69, 9.17) is 0 Å². The lowest BCUT2D eigenvalue weighted by Gasteiger charge is -2.02. The van der Waals surface area contributed by atoms with Crippen molar-refractivity contribution < 1.29 is 4.39 Å². The fourth-order valence-electron chi connectivity index (χ4n) is 1.16. The molecule has 0 saturated heterocycles. The van der Waals surface area contributed by atoms with Crippen LogP contribution in [0.2, 0.25) is 0 Å². The first-order chi connectivity index (χ1) is 7.65. The Labute approximate surface area is 113 Å². The lowest BCUT2D eigenvalue weighted by atomic mass is 10.4. The Kier molecular flexibility index (Phi) is 3.94. The van der Waals surface area contributed by atoms with E-state index < -0.39 is 5.95 Å². The van der Waals surface area contributed by atoms with Gasteiger partial charge in [-0.15, -0.1) is 11.3 Å². The second kappa shape index (κ2) is 5.25. The van der Waals surface area contributed by atoms with Crippen LogP contribution in [-0.2, 0) is 6.54 Å². The number of nitrogens with one attached hydrogen (secondary N) is 1. The zero-order valence-electron chi connectivity index (χ0n) is 8.01. The molecule has 2 rings (SSSR count). The Morgan fingerprint density at radius 3 is 2.81 bits per heavy atom. The highest BCUT2D eigenvalue weighted by Gasteiger charge is 2.04. The van der Waals surface area contributed by atoms with Gasteiger partial charge < -0.3 is 5.32 Å². The van der Waals surface area contributed by atoms with E-state index in [9.17, 15) is 4.39 Å². The Bertz CT molecular complexity index is 482. The van der Waals surface area contributed by atoms with Crippen LogP contribution in [0, 0.1) is 5.95 Å². The summed E-state index contributed by atoms with van der Waals surface area (Å²) in [6.07, 6.45) is 0. The third kappa shape index (κ3) is 3.02. The van der Waals surface area contributed by atoms with Crippen molar-refractivity contribution in [1.82, 2.24) is 4.98 Å². The number of halogens is 3. The first-order valence-electron chi connectivity index (χ1n) is 4.45. The molecule has 0 spiro atoms. The van der Waals surface area contributed by atoms with Crippen molar-refractivity contribution in [3.63, 3.8) is 0 Å². The van der Waals surface area contributed by atoms with Gasteiger partial charge in [0, 0.05) is 9.35 Å². The Balaban J connectivity index is 2.02. The van der Waals surface area contributed by atoms with Gasteiger partial charge in [-0.25, -0.2) is 4.98 Å². The van der Waals surface area contributed by atoms with Crippen molar-refractivity contribution in [2.45, 2.75) is 6.54 Å². The van der Waals surface area contributed by atoms with Crippen LogP contribution in [0.1, 0.15) is 4.88 Å². The molecular weight excluding hydrogens is 359 g/mol. The second-order valence-corrected chi connectivity index (χ2v) is 6.34. The van der Waals surface area contributed by atoms with Gasteiger partial charge in [0.1, 0.15) is 5.82 Å². The molecule has 0 aromatic carbocycles. The quantitative estimate of drug-likeness (QED) is 0.814. The van der Waals surface area contributed by atoms with Crippen LogP contribution in [0.4, 0.5) is 10.2 Å². The van der Waals surface area contributed by atoms with Crippen molar-refractivity contribution in [3.8, 4) is 0 Å². The number of nitrogens with zero attached hydrogens (tertiary/aromatic N) is 1. The van der Waals surface area contributed by atoms with Crippen LogP contribution in [0.25, 0.3) is 0 Å². The molecule has 0 radical (unpaired) electrons. The van der Waals surface area contributed by atoms with E-state index in [0.717, 1.165) is 13.1 Å². The predicted octanol–water partition coefficient (Wildman–Crippen LogP) is 4.42. The van der Waals surface area contributed by atoms with Crippen LogP contribution in [-0.4, -0.2) is 4.98 Å². The summed E-state index contributed by atoms with van der Waals surface area (Å²) in [6, 6.07) is 6.70. The number of thiophene rings is 1. The molecule has 0 aliphatic rings. The minimum Gasteiger partial charge on any atom is -0.365 e. The summed E-state index contributed by atoms with van der Waals surface area (Å²) in [5, 5.41) is 3.06. The molecule has 2 heterocycles. The van der Waals surface area contributed by atoms with Crippen molar-refractivity contribution in [1.29, 1.82) is 0 Å². The number of rotatable bonds is 3. The van der Waals surface area contributed by atoms with E-state index in [0.29, 0.717) is 12.4 Å². The van der Waals surface area contributed by atoms with Gasteiger partial charge >= 0.3 is 0 Å². The molecule has 2 aromatic rings. The second-order valence-electron chi connectivity index (χ2n) is 3.03. The van der Waals surface area contributed by atoms with Crippen molar-refractivity contribution in [3.05, 3.63) is 43.3 Å². The van der Waals surface area contributed by atoms with E-state index >= 15 is 0 Å². The van der Waals surface area contributed by atoms with Crippen LogP contribution in [0.5, 0.6) is 0 Å². The summed E-state index contributed by atoms with van der Waals surface area (Å²) in [7, 11) is 0. The van der Waals surface area contributed by atoms with Crippen molar-refractivity contribution in [2.75, 3.05) is 5.32 Å². The SMILES string of the molecule is Fc1cccc(NCc2cc(Br)c(Br)s2)n1. The molecule has 0 aliphatic heterocycles. The molecule has 1 N–H and O–H groups in total. The van der Waals surface area contributed by atoms with Crippen LogP contribution < -0.4 is 5.32 Å². The van der Waals surface area contributed by atoms with Gasteiger partial charge in [0.25, 0.3) is 0 Å². The lowest BCUT2D eigenvalue weighted by molar-refractivity contribution is 0.585. The van der Waals surface area contributed by atoms with Crippen LogP contribution in [0.3, 0.4) is 0 Å². The first kappa shape index (κ1) is 12.0. The first-order valence-corrected chi connectivity index (χ1v) is 6.85. The van der Waals surface area contributed by atoms with Crippen molar-refractivity contribution in [2.24, 2.45) is 0 Å². The standard InChI is InChI=1S/C10H7Br2FN2S/c11-7-4-6(16-10(7)12)5-14-9-3-1-2-8(13)15-9/h1-4H,5H2,(H,14,15). The third-order valence-corrected chi connectivity index (χ3v) is 5.11. The third-order valence-electron chi connectivity index (χ3n) is 1.86. The van der Waals surface area contributed by atoms with Gasteiger partial charge in [-0.1, -0.05) is 6.07 Å². The monoisotopic (exact) mass is 364 g/mol. The molecule has 0 bridgehead atoms. The molecule has 0 amide bonds. The molecule has 0 fully saturated rings. The smallest absolute Gasteiger partial charge is 0.214 e. The Hall–Kier alpha value is -0.460. The fraction of sp³-hybridized carbons (Fsp3) is 0.100. The average Bonchev–Trinajstić information content (AvgIpc) is 2.56. The molecule has 6 heteroatoms. The van der Waals surface area contributed by atoms with Gasteiger partial charge in [0.2, 0.25) is 5.95 Å². The maximum atomic E-state index is 12.8. The minimum absolute atomic E-state index is 0.474. The number of aromatic nitrogens is 1. The topological polar surface area (TPSA) is 24.9 Å². The number of pyridine rings is 1. The molecule has 2 aromatic heterocycles. The normalized spacial score (nSPS) is 10.4. The highest BCUT2D eigenvalue weighted by Crippen LogP contribution is 2.32. The van der Waals surface area contributed by atoms with Crippen molar-refractivity contribution >= 4 is 49.0 Å². The van der Waals surface area contributed by atoms with Gasteiger partial charge in [0.05, 0.1) is 10.3 Å². The molecule has 84 valence electrons. The molecule has 0 aliphatic carbocycles. The Morgan fingerprint density at radius 1 is 1.38 bits per heavy atom. The number of hydrogen-bond acceptors (Lipinski definition) is 3. The molecule has 0 unspecified atom stereocenters. The van der Waals surface area contributed by atoms with E-state index in [2.05, 4.69) is 42.2 Å². The summed E-state index contributed by atoms with van der Waals surface area (Å²) in [4.78, 5) is 4.86. The summed E-state index contributed by atoms with van der Waals surface area (Å²) < 4.78 is 14.9. The van der Waals surface area contributed by atoms with Crippen LogP contribution in [0.15, 0.2) is 32.5 Å². The maximum Gasteiger partial charge on any atom is 0.214 e. The highest BCUT2D eigenvalue weighted by atomic mass is 79.9. The van der Waals surface area contributed by atoms with Gasteiger partial charge in [-0.05, 0) is 50.1 Å². The molecule has 0 atom stereocenters. The van der Waals surface area contributed by atoms with E-state index in [1.807, 2.05) is 6.07 Å².